The molecule has 0 aliphatic heterocycles. The van der Waals surface area contributed by atoms with Gasteiger partial charge in [-0.25, -0.2) is 0 Å². The van der Waals surface area contributed by atoms with Crippen molar-refractivity contribution in [2.24, 2.45) is 0 Å². The minimum atomic E-state index is 0. The van der Waals surface area contributed by atoms with Crippen LogP contribution in [0.3, 0.4) is 0 Å². The molecule has 0 nitrogen and oxygen atoms in total. The molecule has 0 aliphatic rings. The molecule has 0 heterocycles. The van der Waals surface area contributed by atoms with Crippen LogP contribution in [0.15, 0.2) is 0 Å². The van der Waals surface area contributed by atoms with E-state index in [9.17, 15) is 0 Å². The quantitative estimate of drug-likeness (QED) is 0.212. The number of rotatable bonds is 0. The number of hydrogen-bond acceptors (Lipinski definition) is 1. The van der Waals surface area contributed by atoms with Crippen molar-refractivity contribution >= 4 is 12.6 Å². The van der Waals surface area contributed by atoms with Crippen molar-refractivity contribution in [3.8, 4) is 0 Å². The molecule has 0 bridgehead atoms. The van der Waals surface area contributed by atoms with Crippen LogP contribution in [-0.4, -0.2) is 6.26 Å². The van der Waals surface area contributed by atoms with E-state index in [0.29, 0.717) is 0 Å². The molecule has 0 rings (SSSR count). The molecule has 0 spiro atoms. The Morgan fingerprint density at radius 1 is 1.00 bits per heavy atom. The van der Waals surface area contributed by atoms with E-state index in [0.717, 1.165) is 0 Å². The first-order valence-electron chi connectivity index (χ1n) is 0.408. The fourth-order valence-electron chi connectivity index (χ4n) is 0. The van der Waals surface area contributed by atoms with Gasteiger partial charge in [-0.2, -0.15) is 6.26 Å². The minimum absolute atomic E-state index is 0. The molecule has 0 saturated carbocycles. The van der Waals surface area contributed by atoms with Gasteiger partial charge in [-0.15, -0.1) is 0 Å². The summed E-state index contributed by atoms with van der Waals surface area (Å²) in [5.74, 6) is 0. The molecule has 0 atom stereocenters. The van der Waals surface area contributed by atoms with Crippen molar-refractivity contribution in [2.75, 3.05) is 6.26 Å². The summed E-state index contributed by atoms with van der Waals surface area (Å²) in [6.07, 6.45) is 1.58. The monoisotopic (exact) mass is 93.0 g/mol. The van der Waals surface area contributed by atoms with E-state index in [-0.39, 0.29) is 59.1 Å². The van der Waals surface area contributed by atoms with Crippen molar-refractivity contribution < 1.29 is 59.1 Å². The van der Waals surface area contributed by atoms with E-state index in [4.69, 9.17) is 0 Å². The average molecular weight is 93.1 g/mol. The summed E-state index contributed by atoms with van der Waals surface area (Å²) in [7, 11) is 0. The fraction of sp³-hybridized carbons (Fsp3) is 1.00. The molecule has 0 fully saturated rings. The largest absolute Gasteiger partial charge is 1.00 e. The van der Waals surface area contributed by atoms with E-state index < -0.39 is 0 Å². The van der Waals surface area contributed by atoms with Crippen molar-refractivity contribution in [2.45, 2.75) is 0 Å². The summed E-state index contributed by atoms with van der Waals surface area (Å²) in [5.41, 5.74) is 0. The summed E-state index contributed by atoms with van der Waals surface area (Å²) in [5, 5.41) is 0. The van der Waals surface area contributed by atoms with Crippen LogP contribution in [0.4, 0.5) is 0 Å². The molecule has 14 valence electrons. The van der Waals surface area contributed by atoms with Crippen LogP contribution < -0.4 is 59.1 Å². The SMILES string of the molecule is C[S-].[Na+].[Na+]. The summed E-state index contributed by atoms with van der Waals surface area (Å²) < 4.78 is 0. The standard InChI is InChI=1S/CH4S.2Na/c1-2;;/h2H,1H3;;/q;2*+1/p-1. The Morgan fingerprint density at radius 2 is 1.00 bits per heavy atom. The second kappa shape index (κ2) is 18.3. The molecule has 0 N–H and O–H groups in total. The molecule has 4 heavy (non-hydrogen) atoms. The Balaban J connectivity index is -0.00000000500. The van der Waals surface area contributed by atoms with Crippen molar-refractivity contribution in [1.29, 1.82) is 0 Å². The third kappa shape index (κ3) is 8.84. The van der Waals surface area contributed by atoms with E-state index in [1.165, 1.54) is 0 Å². The number of hydrogen-bond donors (Lipinski definition) is 0. The minimum Gasteiger partial charge on any atom is -0.796 e. The van der Waals surface area contributed by atoms with Gasteiger partial charge in [0.1, 0.15) is 0 Å². The summed E-state index contributed by atoms with van der Waals surface area (Å²) in [4.78, 5) is 0. The first kappa shape index (κ1) is 16.2. The van der Waals surface area contributed by atoms with Gasteiger partial charge in [-0.1, -0.05) is 0 Å². The van der Waals surface area contributed by atoms with Crippen LogP contribution >= 0.6 is 0 Å². The Bertz CT molecular complexity index is 6.00. The van der Waals surface area contributed by atoms with Gasteiger partial charge in [0.15, 0.2) is 0 Å². The Kier molecular flexibility index (Phi) is 74.2. The maximum atomic E-state index is 4.08. The van der Waals surface area contributed by atoms with Gasteiger partial charge >= 0.3 is 59.1 Å². The van der Waals surface area contributed by atoms with Crippen LogP contribution in [0.2, 0.25) is 0 Å². The van der Waals surface area contributed by atoms with E-state index >= 15 is 0 Å². The fourth-order valence-corrected chi connectivity index (χ4v) is 0. The van der Waals surface area contributed by atoms with Crippen LogP contribution in [0.25, 0.3) is 0 Å². The van der Waals surface area contributed by atoms with E-state index in [1.54, 1.807) is 6.26 Å². The normalized spacial score (nSPS) is 1.50. The van der Waals surface area contributed by atoms with Gasteiger partial charge in [-0.3, -0.25) is 0 Å². The van der Waals surface area contributed by atoms with Gasteiger partial charge in [0, 0.05) is 0 Å². The van der Waals surface area contributed by atoms with Gasteiger partial charge in [0.05, 0.1) is 0 Å². The molecule has 0 aromatic heterocycles. The molecule has 0 amide bonds. The third-order valence-electron chi connectivity index (χ3n) is 0. The second-order valence-electron chi connectivity index (χ2n) is 0. The van der Waals surface area contributed by atoms with Crippen molar-refractivity contribution in [1.82, 2.24) is 0 Å². The molecule has 0 radical (unpaired) electrons. The summed E-state index contributed by atoms with van der Waals surface area (Å²) >= 11 is 4.08. The zero-order valence-electron chi connectivity index (χ0n) is 3.41. The molecular weight excluding hydrogens is 90.1 g/mol. The summed E-state index contributed by atoms with van der Waals surface area (Å²) in [6, 6.07) is 0. The molecule has 0 aromatic carbocycles. The molecule has 0 aromatic rings. The summed E-state index contributed by atoms with van der Waals surface area (Å²) in [6.45, 7) is 0. The first-order chi connectivity index (χ1) is 1.00. The smallest absolute Gasteiger partial charge is 0.796 e. The topological polar surface area (TPSA) is 0 Å². The Labute approximate surface area is 76.7 Å². The molecule has 0 unspecified atom stereocenters. The molecule has 0 aliphatic carbocycles. The van der Waals surface area contributed by atoms with Crippen LogP contribution in [0, 0.1) is 0 Å². The van der Waals surface area contributed by atoms with Gasteiger partial charge in [-0.05, 0) is 0 Å². The third-order valence-corrected chi connectivity index (χ3v) is 0. The predicted octanol–water partition coefficient (Wildman–Crippen LogP) is -5.83. The van der Waals surface area contributed by atoms with Crippen LogP contribution in [0.1, 0.15) is 0 Å². The van der Waals surface area contributed by atoms with Crippen LogP contribution in [-0.2, 0) is 12.6 Å². The van der Waals surface area contributed by atoms with Gasteiger partial charge in [0.25, 0.3) is 0 Å². The van der Waals surface area contributed by atoms with Crippen molar-refractivity contribution in [3.63, 3.8) is 0 Å². The first-order valence-corrected chi connectivity index (χ1v) is 1.22. The zero-order valence-corrected chi connectivity index (χ0v) is 8.22. The molecular formula is CH3Na2S+. The van der Waals surface area contributed by atoms with Crippen molar-refractivity contribution in [3.05, 3.63) is 0 Å². The predicted molar refractivity (Wildman–Crippen MR) is 13.3 cm³/mol. The van der Waals surface area contributed by atoms with Crippen LogP contribution in [0.5, 0.6) is 0 Å². The maximum Gasteiger partial charge on any atom is 1.00 e. The molecule has 0 saturated heterocycles. The average Bonchev–Trinajstić information content (AvgIpc) is 1.00. The molecule has 3 heteroatoms. The Morgan fingerprint density at radius 3 is 1.00 bits per heavy atom. The Hall–Kier alpha value is 2.35. The van der Waals surface area contributed by atoms with Gasteiger partial charge in [0.2, 0.25) is 0 Å². The van der Waals surface area contributed by atoms with Gasteiger partial charge < -0.3 is 12.6 Å². The zero-order chi connectivity index (χ0) is 2.00. The maximum absolute atomic E-state index is 4.08. The van der Waals surface area contributed by atoms with E-state index in [2.05, 4.69) is 12.6 Å². The second-order valence-corrected chi connectivity index (χ2v) is 0. The van der Waals surface area contributed by atoms with E-state index in [1.807, 2.05) is 0 Å².